The lowest BCUT2D eigenvalue weighted by Gasteiger charge is -2.35. The number of anilines is 1. The Kier molecular flexibility index (Phi) is 3.10. The Morgan fingerprint density at radius 3 is 3.00 bits per heavy atom. The molecular weight excluding hydrogens is 202 g/mol. The Morgan fingerprint density at radius 1 is 1.50 bits per heavy atom. The van der Waals surface area contributed by atoms with Crippen molar-refractivity contribution in [1.29, 1.82) is 0 Å². The molecule has 1 heterocycles. The summed E-state index contributed by atoms with van der Waals surface area (Å²) in [4.78, 5) is 13.7. The molecule has 1 atom stereocenters. The largest absolute Gasteiger partial charge is 0.358 e. The summed E-state index contributed by atoms with van der Waals surface area (Å²) >= 11 is 0. The zero-order chi connectivity index (χ0) is 11.5. The summed E-state index contributed by atoms with van der Waals surface area (Å²) in [6.07, 6.45) is 0. The number of amides is 1. The maximum Gasteiger partial charge on any atom is 0.242 e. The molecule has 0 aliphatic carbocycles. The van der Waals surface area contributed by atoms with Crippen molar-refractivity contribution in [3.8, 4) is 0 Å². The molecule has 86 valence electrons. The van der Waals surface area contributed by atoms with Crippen LogP contribution in [0.5, 0.6) is 0 Å². The van der Waals surface area contributed by atoms with E-state index in [4.69, 9.17) is 5.73 Å². The molecule has 0 bridgehead atoms. The maximum atomic E-state index is 11.6. The zero-order valence-corrected chi connectivity index (χ0v) is 9.44. The van der Waals surface area contributed by atoms with Gasteiger partial charge in [0.25, 0.3) is 0 Å². The number of nitrogens with one attached hydrogen (secondary N) is 1. The van der Waals surface area contributed by atoms with Crippen molar-refractivity contribution in [3.63, 3.8) is 0 Å². The van der Waals surface area contributed by atoms with E-state index in [9.17, 15) is 4.79 Å². The maximum absolute atomic E-state index is 11.6. The number of nitrogens with zero attached hydrogens (tertiary/aromatic N) is 1. The summed E-state index contributed by atoms with van der Waals surface area (Å²) in [5, 5.41) is 2.86. The van der Waals surface area contributed by atoms with Gasteiger partial charge in [0, 0.05) is 25.3 Å². The lowest BCUT2D eigenvalue weighted by atomic mass is 10.1. The second-order valence-electron chi connectivity index (χ2n) is 3.99. The van der Waals surface area contributed by atoms with Gasteiger partial charge in [0.2, 0.25) is 5.91 Å². The first-order valence-corrected chi connectivity index (χ1v) is 5.56. The first-order valence-electron chi connectivity index (χ1n) is 5.56. The Morgan fingerprint density at radius 2 is 2.25 bits per heavy atom. The van der Waals surface area contributed by atoms with Crippen LogP contribution in [0.15, 0.2) is 24.3 Å². The molecule has 4 nitrogen and oxygen atoms in total. The van der Waals surface area contributed by atoms with Crippen LogP contribution in [0.4, 0.5) is 5.69 Å². The number of para-hydroxylation sites is 1. The Balaban J connectivity index is 2.32. The molecule has 1 aromatic rings. The standard InChI is InChI=1S/C12H17N3O/c1-9-12(16)14-6-7-15(9)11-5-3-2-4-10(11)8-13/h2-5,9H,6-8,13H2,1H3,(H,14,16). The summed E-state index contributed by atoms with van der Waals surface area (Å²) in [7, 11) is 0. The molecule has 0 radical (unpaired) electrons. The van der Waals surface area contributed by atoms with E-state index < -0.39 is 0 Å². The number of benzene rings is 1. The topological polar surface area (TPSA) is 58.4 Å². The van der Waals surface area contributed by atoms with E-state index >= 15 is 0 Å². The van der Waals surface area contributed by atoms with Crippen molar-refractivity contribution in [3.05, 3.63) is 29.8 Å². The van der Waals surface area contributed by atoms with E-state index in [0.717, 1.165) is 17.8 Å². The van der Waals surface area contributed by atoms with Crippen LogP contribution < -0.4 is 16.0 Å². The zero-order valence-electron chi connectivity index (χ0n) is 9.44. The minimum absolute atomic E-state index is 0.0816. The molecule has 4 heteroatoms. The number of hydrogen-bond acceptors (Lipinski definition) is 3. The van der Waals surface area contributed by atoms with Crippen molar-refractivity contribution >= 4 is 11.6 Å². The molecule has 1 saturated heterocycles. The third-order valence-electron chi connectivity index (χ3n) is 3.02. The lowest BCUT2D eigenvalue weighted by molar-refractivity contribution is -0.122. The number of nitrogens with two attached hydrogens (primary N) is 1. The monoisotopic (exact) mass is 219 g/mol. The number of hydrogen-bond donors (Lipinski definition) is 2. The van der Waals surface area contributed by atoms with Crippen LogP contribution in [0.2, 0.25) is 0 Å². The van der Waals surface area contributed by atoms with Crippen LogP contribution in [0, 0.1) is 0 Å². The first-order chi connectivity index (χ1) is 7.74. The summed E-state index contributed by atoms with van der Waals surface area (Å²) in [5.74, 6) is 0.0816. The van der Waals surface area contributed by atoms with E-state index in [-0.39, 0.29) is 11.9 Å². The van der Waals surface area contributed by atoms with Crippen LogP contribution in [-0.2, 0) is 11.3 Å². The minimum Gasteiger partial charge on any atom is -0.358 e. The smallest absolute Gasteiger partial charge is 0.242 e. The van der Waals surface area contributed by atoms with Gasteiger partial charge in [-0.1, -0.05) is 18.2 Å². The summed E-state index contributed by atoms with van der Waals surface area (Å²) in [5.41, 5.74) is 7.87. The Labute approximate surface area is 95.4 Å². The second-order valence-corrected chi connectivity index (χ2v) is 3.99. The van der Waals surface area contributed by atoms with Gasteiger partial charge in [0.1, 0.15) is 6.04 Å². The number of carbonyl (C=O) groups is 1. The Bertz CT molecular complexity index is 392. The van der Waals surface area contributed by atoms with Gasteiger partial charge in [-0.05, 0) is 18.6 Å². The number of rotatable bonds is 2. The molecule has 1 aliphatic heterocycles. The highest BCUT2D eigenvalue weighted by atomic mass is 16.2. The van der Waals surface area contributed by atoms with E-state index in [1.165, 1.54) is 0 Å². The molecule has 1 aromatic carbocycles. The number of carbonyl (C=O) groups excluding carboxylic acids is 1. The van der Waals surface area contributed by atoms with Gasteiger partial charge >= 0.3 is 0 Å². The van der Waals surface area contributed by atoms with Crippen molar-refractivity contribution in [1.82, 2.24) is 5.32 Å². The molecule has 1 fully saturated rings. The van der Waals surface area contributed by atoms with Gasteiger partial charge in [0.15, 0.2) is 0 Å². The lowest BCUT2D eigenvalue weighted by Crippen LogP contribution is -2.54. The predicted molar refractivity (Wildman–Crippen MR) is 64.2 cm³/mol. The fourth-order valence-electron chi connectivity index (χ4n) is 2.08. The highest BCUT2D eigenvalue weighted by Crippen LogP contribution is 2.23. The van der Waals surface area contributed by atoms with Crippen molar-refractivity contribution < 1.29 is 4.79 Å². The van der Waals surface area contributed by atoms with Crippen LogP contribution in [0.1, 0.15) is 12.5 Å². The highest BCUT2D eigenvalue weighted by Gasteiger charge is 2.26. The third-order valence-corrected chi connectivity index (χ3v) is 3.02. The van der Waals surface area contributed by atoms with Crippen molar-refractivity contribution in [2.24, 2.45) is 5.73 Å². The average molecular weight is 219 g/mol. The molecule has 1 unspecified atom stereocenters. The highest BCUT2D eigenvalue weighted by molar-refractivity contribution is 5.86. The molecule has 1 amide bonds. The van der Waals surface area contributed by atoms with Crippen LogP contribution in [0.25, 0.3) is 0 Å². The normalized spacial score (nSPS) is 20.8. The Hall–Kier alpha value is -1.55. The number of piperazine rings is 1. The van der Waals surface area contributed by atoms with E-state index in [2.05, 4.69) is 10.2 Å². The van der Waals surface area contributed by atoms with E-state index in [0.29, 0.717) is 13.1 Å². The van der Waals surface area contributed by atoms with Gasteiger partial charge in [-0.2, -0.15) is 0 Å². The summed E-state index contributed by atoms with van der Waals surface area (Å²) < 4.78 is 0. The fraction of sp³-hybridized carbons (Fsp3) is 0.417. The predicted octanol–water partition coefficient (Wildman–Crippen LogP) is 0.470. The van der Waals surface area contributed by atoms with Gasteiger partial charge in [-0.15, -0.1) is 0 Å². The van der Waals surface area contributed by atoms with Crippen LogP contribution in [0.3, 0.4) is 0 Å². The van der Waals surface area contributed by atoms with Crippen molar-refractivity contribution in [2.75, 3.05) is 18.0 Å². The SMILES string of the molecule is CC1C(=O)NCCN1c1ccccc1CN. The molecule has 1 aliphatic rings. The van der Waals surface area contributed by atoms with Gasteiger partial charge in [-0.3, -0.25) is 4.79 Å². The van der Waals surface area contributed by atoms with E-state index in [1.54, 1.807) is 0 Å². The third kappa shape index (κ3) is 1.88. The minimum atomic E-state index is -0.124. The van der Waals surface area contributed by atoms with Gasteiger partial charge in [-0.25, -0.2) is 0 Å². The first kappa shape index (κ1) is 11.0. The van der Waals surface area contributed by atoms with Crippen molar-refractivity contribution in [2.45, 2.75) is 19.5 Å². The molecule has 3 N–H and O–H groups in total. The van der Waals surface area contributed by atoms with Crippen LogP contribution >= 0.6 is 0 Å². The average Bonchev–Trinajstić information content (AvgIpc) is 2.33. The van der Waals surface area contributed by atoms with E-state index in [1.807, 2.05) is 31.2 Å². The van der Waals surface area contributed by atoms with Gasteiger partial charge in [0.05, 0.1) is 0 Å². The fourth-order valence-corrected chi connectivity index (χ4v) is 2.08. The second kappa shape index (κ2) is 4.53. The molecule has 2 rings (SSSR count). The molecule has 0 saturated carbocycles. The molecule has 0 spiro atoms. The summed E-state index contributed by atoms with van der Waals surface area (Å²) in [6, 6.07) is 7.86. The van der Waals surface area contributed by atoms with Gasteiger partial charge < -0.3 is 16.0 Å². The molecule has 16 heavy (non-hydrogen) atoms. The summed E-state index contributed by atoms with van der Waals surface area (Å²) in [6.45, 7) is 3.95. The quantitative estimate of drug-likeness (QED) is 0.760. The van der Waals surface area contributed by atoms with Crippen LogP contribution in [-0.4, -0.2) is 25.0 Å². The molecule has 0 aromatic heterocycles. The molecular formula is C12H17N3O.